The number of amides is 2. The first-order chi connectivity index (χ1) is 16.1. The lowest BCUT2D eigenvalue weighted by molar-refractivity contribution is -0.134. The molecule has 6 heteroatoms. The fraction of sp³-hybridized carbons (Fsp3) is 0.407. The van der Waals surface area contributed by atoms with E-state index in [4.69, 9.17) is 4.74 Å². The normalized spacial score (nSPS) is 26.6. The Morgan fingerprint density at radius 2 is 1.76 bits per heavy atom. The first-order valence-electron chi connectivity index (χ1n) is 11.9. The molecule has 0 saturated heterocycles. The van der Waals surface area contributed by atoms with E-state index in [1.807, 2.05) is 47.4 Å². The van der Waals surface area contributed by atoms with E-state index in [2.05, 4.69) is 22.8 Å². The van der Waals surface area contributed by atoms with Crippen LogP contribution in [-0.4, -0.2) is 41.9 Å². The zero-order chi connectivity index (χ0) is 22.9. The molecule has 4 unspecified atom stereocenters. The number of hydrogen-bond donors (Lipinski definition) is 2. The number of fused-ring (bicyclic) bond motifs is 1. The minimum absolute atomic E-state index is 0.0161. The zero-order valence-electron chi connectivity index (χ0n) is 19.2. The summed E-state index contributed by atoms with van der Waals surface area (Å²) in [5.41, 5.74) is 3.59. The van der Waals surface area contributed by atoms with Crippen molar-refractivity contribution in [3.8, 4) is 5.75 Å². The van der Waals surface area contributed by atoms with Gasteiger partial charge in [-0.1, -0.05) is 61.4 Å². The molecule has 3 aliphatic rings. The number of benzene rings is 2. The number of carbonyl (C=O) groups excluding carboxylic acids is 2. The summed E-state index contributed by atoms with van der Waals surface area (Å²) in [5, 5.41) is 6.97. The summed E-state index contributed by atoms with van der Waals surface area (Å²) in [6.45, 7) is 1.62. The van der Waals surface area contributed by atoms with E-state index in [1.54, 1.807) is 14.0 Å². The molecule has 33 heavy (non-hydrogen) atoms. The molecule has 0 spiro atoms. The zero-order valence-corrected chi connectivity index (χ0v) is 19.2. The van der Waals surface area contributed by atoms with E-state index in [0.29, 0.717) is 17.7 Å². The summed E-state index contributed by atoms with van der Waals surface area (Å²) in [6.07, 6.45) is 4.81. The van der Waals surface area contributed by atoms with Gasteiger partial charge in [0, 0.05) is 24.2 Å². The summed E-state index contributed by atoms with van der Waals surface area (Å²) in [5.74, 6) is 0.561. The second-order valence-corrected chi connectivity index (χ2v) is 9.22. The van der Waals surface area contributed by atoms with E-state index in [-0.39, 0.29) is 29.9 Å². The third-order valence-electron chi connectivity index (χ3n) is 7.25. The molecule has 172 valence electrons. The Kier molecular flexibility index (Phi) is 5.83. The average molecular weight is 446 g/mol. The average Bonchev–Trinajstić information content (AvgIpc) is 3.03. The van der Waals surface area contributed by atoms with Crippen molar-refractivity contribution >= 4 is 11.8 Å². The summed E-state index contributed by atoms with van der Waals surface area (Å²) >= 11 is 0. The van der Waals surface area contributed by atoms with Crippen molar-refractivity contribution in [2.24, 2.45) is 0 Å². The predicted octanol–water partition coefficient (Wildman–Crippen LogP) is 3.49. The molecule has 4 atom stereocenters. The molecule has 1 fully saturated rings. The van der Waals surface area contributed by atoms with Crippen LogP contribution < -0.4 is 15.4 Å². The van der Waals surface area contributed by atoms with Gasteiger partial charge in [-0.3, -0.25) is 9.59 Å². The number of hydrogen-bond acceptors (Lipinski definition) is 4. The van der Waals surface area contributed by atoms with Crippen molar-refractivity contribution in [3.63, 3.8) is 0 Å². The highest BCUT2D eigenvalue weighted by Crippen LogP contribution is 2.44. The quantitative estimate of drug-likeness (QED) is 0.756. The third kappa shape index (κ3) is 3.88. The monoisotopic (exact) mass is 445 g/mol. The number of ether oxygens (including phenoxy) is 1. The Morgan fingerprint density at radius 3 is 2.52 bits per heavy atom. The van der Waals surface area contributed by atoms with Crippen LogP contribution in [0.3, 0.4) is 0 Å². The van der Waals surface area contributed by atoms with Crippen LogP contribution in [-0.2, 0) is 16.0 Å². The summed E-state index contributed by atoms with van der Waals surface area (Å²) < 4.78 is 5.70. The van der Waals surface area contributed by atoms with Crippen LogP contribution in [0.1, 0.15) is 49.8 Å². The lowest BCUT2D eigenvalue weighted by atomic mass is 9.87. The Bertz CT molecular complexity index is 1080. The van der Waals surface area contributed by atoms with Crippen LogP contribution in [0, 0.1) is 0 Å². The topological polar surface area (TPSA) is 70.7 Å². The number of nitrogens with zero attached hydrogens (tertiary/aromatic N) is 1. The SMILES string of the molecule is COc1ccccc1C1C2=C(NC3CCCCC3N1C(C)=O)C(Cc1ccccc1)NC2=O. The number of rotatable bonds is 4. The van der Waals surface area contributed by atoms with Gasteiger partial charge >= 0.3 is 0 Å². The molecule has 6 nitrogen and oxygen atoms in total. The van der Waals surface area contributed by atoms with Gasteiger partial charge in [-0.2, -0.15) is 0 Å². The van der Waals surface area contributed by atoms with Gasteiger partial charge < -0.3 is 20.3 Å². The maximum absolute atomic E-state index is 13.5. The highest BCUT2D eigenvalue weighted by Gasteiger charge is 2.48. The standard InChI is InChI=1S/C27H31N3O3/c1-17(31)30-22-14-8-7-13-20(22)28-25-21(16-18-10-4-3-5-11-18)29-27(32)24(25)26(30)19-12-6-9-15-23(19)33-2/h3-6,9-12,15,20-22,26,28H,7-8,13-14,16H2,1-2H3,(H,29,32). The van der Waals surface area contributed by atoms with Gasteiger partial charge in [0.1, 0.15) is 5.75 Å². The van der Waals surface area contributed by atoms with Crippen LogP contribution in [0.5, 0.6) is 5.75 Å². The molecule has 0 radical (unpaired) electrons. The van der Waals surface area contributed by atoms with Crippen molar-refractivity contribution in [2.75, 3.05) is 7.11 Å². The minimum Gasteiger partial charge on any atom is -0.496 e. The lowest BCUT2D eigenvalue weighted by Crippen LogP contribution is -2.54. The predicted molar refractivity (Wildman–Crippen MR) is 127 cm³/mol. The van der Waals surface area contributed by atoms with Gasteiger partial charge in [0.2, 0.25) is 5.91 Å². The van der Waals surface area contributed by atoms with Gasteiger partial charge in [0.25, 0.3) is 5.91 Å². The Hall–Kier alpha value is -3.28. The number of carbonyl (C=O) groups is 2. The van der Waals surface area contributed by atoms with Crippen molar-refractivity contribution in [3.05, 3.63) is 77.0 Å². The lowest BCUT2D eigenvalue weighted by Gasteiger charge is -2.42. The second-order valence-electron chi connectivity index (χ2n) is 9.22. The number of para-hydroxylation sites is 1. The second kappa shape index (κ2) is 8.93. The Labute approximate surface area is 195 Å². The summed E-state index contributed by atoms with van der Waals surface area (Å²) in [7, 11) is 1.64. The van der Waals surface area contributed by atoms with E-state index in [1.165, 1.54) is 5.56 Å². The fourth-order valence-corrected chi connectivity index (χ4v) is 5.83. The largest absolute Gasteiger partial charge is 0.496 e. The van der Waals surface area contributed by atoms with E-state index in [9.17, 15) is 9.59 Å². The number of nitrogens with one attached hydrogen (secondary N) is 2. The molecule has 2 aliphatic heterocycles. The summed E-state index contributed by atoms with van der Waals surface area (Å²) in [4.78, 5) is 28.6. The maximum atomic E-state index is 13.5. The van der Waals surface area contributed by atoms with E-state index in [0.717, 1.165) is 36.9 Å². The van der Waals surface area contributed by atoms with Crippen molar-refractivity contribution in [2.45, 2.75) is 63.2 Å². The Balaban J connectivity index is 1.67. The van der Waals surface area contributed by atoms with Crippen LogP contribution in [0.25, 0.3) is 0 Å². The van der Waals surface area contributed by atoms with Gasteiger partial charge in [0.05, 0.1) is 30.8 Å². The maximum Gasteiger partial charge on any atom is 0.252 e. The molecule has 2 heterocycles. The molecular formula is C27H31N3O3. The van der Waals surface area contributed by atoms with Gasteiger partial charge in [-0.05, 0) is 30.9 Å². The first-order valence-corrected chi connectivity index (χ1v) is 11.9. The molecule has 2 aromatic rings. The third-order valence-corrected chi connectivity index (χ3v) is 7.25. The highest BCUT2D eigenvalue weighted by molar-refractivity contribution is 6.00. The fourth-order valence-electron chi connectivity index (χ4n) is 5.83. The van der Waals surface area contributed by atoms with Crippen molar-refractivity contribution < 1.29 is 14.3 Å². The van der Waals surface area contributed by atoms with Gasteiger partial charge in [-0.15, -0.1) is 0 Å². The molecule has 1 aliphatic carbocycles. The smallest absolute Gasteiger partial charge is 0.252 e. The first kappa shape index (κ1) is 21.6. The van der Waals surface area contributed by atoms with Gasteiger partial charge in [-0.25, -0.2) is 0 Å². The molecule has 2 aromatic carbocycles. The molecular weight excluding hydrogens is 414 g/mol. The summed E-state index contributed by atoms with van der Waals surface area (Å²) in [6, 6.07) is 17.5. The van der Waals surface area contributed by atoms with Crippen LogP contribution in [0.15, 0.2) is 65.9 Å². The molecule has 2 N–H and O–H groups in total. The van der Waals surface area contributed by atoms with E-state index >= 15 is 0 Å². The van der Waals surface area contributed by atoms with E-state index < -0.39 is 6.04 Å². The molecule has 0 aromatic heterocycles. The van der Waals surface area contributed by atoms with Crippen LogP contribution in [0.4, 0.5) is 0 Å². The molecule has 5 rings (SSSR count). The molecule has 1 saturated carbocycles. The molecule has 2 amide bonds. The van der Waals surface area contributed by atoms with Gasteiger partial charge in [0.15, 0.2) is 0 Å². The molecule has 0 bridgehead atoms. The number of methoxy groups -OCH3 is 1. The minimum atomic E-state index is -0.491. The van der Waals surface area contributed by atoms with Crippen molar-refractivity contribution in [1.29, 1.82) is 0 Å². The van der Waals surface area contributed by atoms with Crippen LogP contribution in [0.2, 0.25) is 0 Å². The van der Waals surface area contributed by atoms with Crippen LogP contribution >= 0.6 is 0 Å². The van der Waals surface area contributed by atoms with Crippen molar-refractivity contribution in [1.82, 2.24) is 15.5 Å². The highest BCUT2D eigenvalue weighted by atomic mass is 16.5. The Morgan fingerprint density at radius 1 is 1.03 bits per heavy atom.